The molecule has 2 nitrogen and oxygen atoms in total. The molecule has 2 unspecified atom stereocenters. The quantitative estimate of drug-likeness (QED) is 0.789. The highest BCUT2D eigenvalue weighted by Gasteiger charge is 2.37. The lowest BCUT2D eigenvalue weighted by molar-refractivity contribution is -0.130. The van der Waals surface area contributed by atoms with Gasteiger partial charge < -0.3 is 5.32 Å². The summed E-state index contributed by atoms with van der Waals surface area (Å²) in [6, 6.07) is 0.282. The van der Waals surface area contributed by atoms with Crippen molar-refractivity contribution in [2.24, 2.45) is 11.3 Å². The largest absolute Gasteiger partial charge is 0.353 e. The van der Waals surface area contributed by atoms with Crippen molar-refractivity contribution in [2.45, 2.75) is 58.9 Å². The molecule has 0 saturated heterocycles. The molecule has 1 rings (SSSR count). The Morgan fingerprint density at radius 1 is 1.50 bits per heavy atom. The average Bonchev–Trinajstić information content (AvgIpc) is 2.16. The minimum Gasteiger partial charge on any atom is -0.353 e. The van der Waals surface area contributed by atoms with Gasteiger partial charge in [0.25, 0.3) is 0 Å². The van der Waals surface area contributed by atoms with Crippen LogP contribution in [0.15, 0.2) is 0 Å². The number of halogens is 1. The summed E-state index contributed by atoms with van der Waals surface area (Å²) in [5, 5.41) is 4.08. The van der Waals surface area contributed by atoms with Crippen LogP contribution in [-0.2, 0) is 4.79 Å². The van der Waals surface area contributed by atoms with Crippen LogP contribution in [0.3, 0.4) is 0 Å². The Balaban J connectivity index is 2.51. The molecule has 0 aliphatic heterocycles. The van der Waals surface area contributed by atoms with Gasteiger partial charge in [-0.25, -0.2) is 0 Å². The first-order valence-corrected chi connectivity index (χ1v) is 7.46. The molecule has 0 spiro atoms. The van der Waals surface area contributed by atoms with Gasteiger partial charge in [-0.3, -0.25) is 4.79 Å². The standard InChI is InChI=1S/C13H24BrNO/c1-10(7-9-14)15-12(16)11-6-4-5-8-13(11,2)3/h10-11H,4-9H2,1-3H3,(H,15,16). The van der Waals surface area contributed by atoms with Crippen molar-refractivity contribution in [3.8, 4) is 0 Å². The van der Waals surface area contributed by atoms with E-state index in [9.17, 15) is 4.79 Å². The third-order valence-electron chi connectivity index (χ3n) is 3.75. The molecule has 0 bridgehead atoms. The molecule has 0 aromatic carbocycles. The van der Waals surface area contributed by atoms with Crippen molar-refractivity contribution in [1.82, 2.24) is 5.32 Å². The van der Waals surface area contributed by atoms with Crippen LogP contribution in [0, 0.1) is 11.3 Å². The van der Waals surface area contributed by atoms with Gasteiger partial charge in [-0.1, -0.05) is 42.6 Å². The molecule has 0 heterocycles. The maximum Gasteiger partial charge on any atom is 0.223 e. The van der Waals surface area contributed by atoms with E-state index in [0.717, 1.165) is 18.2 Å². The average molecular weight is 290 g/mol. The number of nitrogens with one attached hydrogen (secondary N) is 1. The number of carbonyl (C=O) groups is 1. The van der Waals surface area contributed by atoms with Crippen LogP contribution in [0.2, 0.25) is 0 Å². The van der Waals surface area contributed by atoms with E-state index in [-0.39, 0.29) is 23.3 Å². The van der Waals surface area contributed by atoms with E-state index in [1.165, 1.54) is 19.3 Å². The van der Waals surface area contributed by atoms with Gasteiger partial charge in [0, 0.05) is 17.3 Å². The van der Waals surface area contributed by atoms with Crippen LogP contribution in [0.1, 0.15) is 52.9 Å². The van der Waals surface area contributed by atoms with Crippen molar-refractivity contribution in [3.05, 3.63) is 0 Å². The Hall–Kier alpha value is -0.0500. The van der Waals surface area contributed by atoms with Gasteiger partial charge in [0.05, 0.1) is 0 Å². The van der Waals surface area contributed by atoms with E-state index in [2.05, 4.69) is 42.0 Å². The second-order valence-corrected chi connectivity index (χ2v) is 6.47. The van der Waals surface area contributed by atoms with Gasteiger partial charge >= 0.3 is 0 Å². The van der Waals surface area contributed by atoms with Crippen LogP contribution in [0.4, 0.5) is 0 Å². The Morgan fingerprint density at radius 3 is 2.75 bits per heavy atom. The van der Waals surface area contributed by atoms with Crippen molar-refractivity contribution < 1.29 is 4.79 Å². The van der Waals surface area contributed by atoms with Gasteiger partial charge in [-0.05, 0) is 31.6 Å². The molecule has 0 aromatic rings. The molecule has 3 heteroatoms. The summed E-state index contributed by atoms with van der Waals surface area (Å²) in [4.78, 5) is 12.2. The van der Waals surface area contributed by atoms with E-state index in [1.54, 1.807) is 0 Å². The first kappa shape index (κ1) is 14.0. The normalized spacial score (nSPS) is 26.1. The first-order valence-electron chi connectivity index (χ1n) is 6.33. The molecule has 1 aliphatic carbocycles. The van der Waals surface area contributed by atoms with Gasteiger partial charge in [-0.2, -0.15) is 0 Å². The molecule has 2 atom stereocenters. The number of rotatable bonds is 4. The monoisotopic (exact) mass is 289 g/mol. The van der Waals surface area contributed by atoms with E-state index in [4.69, 9.17) is 0 Å². The third-order valence-corrected chi connectivity index (χ3v) is 4.21. The molecule has 0 radical (unpaired) electrons. The summed E-state index contributed by atoms with van der Waals surface area (Å²) in [5.74, 6) is 0.470. The minimum absolute atomic E-state index is 0.177. The number of amides is 1. The smallest absolute Gasteiger partial charge is 0.223 e. The van der Waals surface area contributed by atoms with Crippen LogP contribution in [-0.4, -0.2) is 17.3 Å². The molecular weight excluding hydrogens is 266 g/mol. The minimum atomic E-state index is 0.177. The lowest BCUT2D eigenvalue weighted by Crippen LogP contribution is -2.44. The predicted octanol–water partition coefficient (Wildman–Crippen LogP) is 3.49. The zero-order valence-electron chi connectivity index (χ0n) is 10.7. The number of carbonyl (C=O) groups excluding carboxylic acids is 1. The predicted molar refractivity (Wildman–Crippen MR) is 71.8 cm³/mol. The Labute approximate surface area is 108 Å². The fourth-order valence-corrected chi connectivity index (χ4v) is 3.25. The molecule has 1 amide bonds. The zero-order valence-corrected chi connectivity index (χ0v) is 12.3. The van der Waals surface area contributed by atoms with E-state index < -0.39 is 0 Å². The lowest BCUT2D eigenvalue weighted by Gasteiger charge is -2.38. The zero-order chi connectivity index (χ0) is 12.2. The molecule has 0 aromatic heterocycles. The van der Waals surface area contributed by atoms with E-state index >= 15 is 0 Å². The van der Waals surface area contributed by atoms with Gasteiger partial charge in [0.15, 0.2) is 0 Å². The van der Waals surface area contributed by atoms with Crippen molar-refractivity contribution in [1.29, 1.82) is 0 Å². The molecule has 1 fully saturated rings. The van der Waals surface area contributed by atoms with Crippen LogP contribution in [0.25, 0.3) is 0 Å². The van der Waals surface area contributed by atoms with Gasteiger partial charge in [0.2, 0.25) is 5.91 Å². The van der Waals surface area contributed by atoms with Crippen LogP contribution in [0.5, 0.6) is 0 Å². The maximum absolute atomic E-state index is 12.2. The molecule has 16 heavy (non-hydrogen) atoms. The maximum atomic E-state index is 12.2. The van der Waals surface area contributed by atoms with Crippen molar-refractivity contribution >= 4 is 21.8 Å². The SMILES string of the molecule is CC(CCBr)NC(=O)C1CCCCC1(C)C. The summed E-state index contributed by atoms with van der Waals surface area (Å²) in [6.07, 6.45) is 5.71. The highest BCUT2D eigenvalue weighted by atomic mass is 79.9. The number of hydrogen-bond donors (Lipinski definition) is 1. The third kappa shape index (κ3) is 3.76. The lowest BCUT2D eigenvalue weighted by atomic mass is 9.68. The first-order chi connectivity index (χ1) is 7.47. The van der Waals surface area contributed by atoms with E-state index in [1.807, 2.05) is 0 Å². The summed E-state index contributed by atoms with van der Waals surface area (Å²) >= 11 is 3.41. The van der Waals surface area contributed by atoms with E-state index in [0.29, 0.717) is 0 Å². The Morgan fingerprint density at radius 2 is 2.19 bits per heavy atom. The van der Waals surface area contributed by atoms with Crippen molar-refractivity contribution in [2.75, 3.05) is 5.33 Å². The highest BCUT2D eigenvalue weighted by molar-refractivity contribution is 9.09. The van der Waals surface area contributed by atoms with Gasteiger partial charge in [-0.15, -0.1) is 0 Å². The summed E-state index contributed by atoms with van der Waals surface area (Å²) < 4.78 is 0. The number of alkyl halides is 1. The second kappa shape index (κ2) is 6.04. The van der Waals surface area contributed by atoms with Crippen LogP contribution < -0.4 is 5.32 Å². The molecular formula is C13H24BrNO. The fraction of sp³-hybridized carbons (Fsp3) is 0.923. The Bertz CT molecular complexity index is 240. The van der Waals surface area contributed by atoms with Crippen molar-refractivity contribution in [3.63, 3.8) is 0 Å². The molecule has 1 N–H and O–H groups in total. The fourth-order valence-electron chi connectivity index (χ4n) is 2.56. The molecule has 1 aliphatic rings. The highest BCUT2D eigenvalue weighted by Crippen LogP contribution is 2.40. The second-order valence-electron chi connectivity index (χ2n) is 5.67. The summed E-state index contributed by atoms with van der Waals surface area (Å²) in [5.41, 5.74) is 0.177. The summed E-state index contributed by atoms with van der Waals surface area (Å²) in [6.45, 7) is 6.53. The molecule has 1 saturated carbocycles. The number of hydrogen-bond acceptors (Lipinski definition) is 1. The topological polar surface area (TPSA) is 29.1 Å². The Kier molecular flexibility index (Phi) is 5.29. The van der Waals surface area contributed by atoms with Crippen LogP contribution >= 0.6 is 15.9 Å². The molecule has 94 valence electrons. The van der Waals surface area contributed by atoms with Gasteiger partial charge in [0.1, 0.15) is 0 Å². The summed E-state index contributed by atoms with van der Waals surface area (Å²) in [7, 11) is 0.